The van der Waals surface area contributed by atoms with Crippen LogP contribution in [0, 0.1) is 0 Å². The maximum absolute atomic E-state index is 12.5. The van der Waals surface area contributed by atoms with E-state index in [4.69, 9.17) is 4.74 Å². The third-order valence-corrected chi connectivity index (χ3v) is 4.94. The van der Waals surface area contributed by atoms with Crippen molar-refractivity contribution in [2.24, 2.45) is 0 Å². The molecule has 1 aliphatic heterocycles. The van der Waals surface area contributed by atoms with Crippen LogP contribution in [0.5, 0.6) is 0 Å². The van der Waals surface area contributed by atoms with Crippen molar-refractivity contribution in [2.45, 2.75) is 32.9 Å². The number of halogens is 1. The molecule has 2 aromatic rings. The average molecular weight is 416 g/mol. The van der Waals surface area contributed by atoms with Gasteiger partial charge in [0.05, 0.1) is 16.7 Å². The first-order valence-electron chi connectivity index (χ1n) is 8.36. The first-order chi connectivity index (χ1) is 12.4. The number of hydrogen-bond acceptors (Lipinski definition) is 4. The molecule has 1 aliphatic rings. The van der Waals surface area contributed by atoms with Crippen molar-refractivity contribution in [3.8, 4) is 0 Å². The standard InChI is InChI=1S/C20H18BrNO4/c1-3-12(2)22-18(23)16-8-7-14(10-17(16)19(22)24)20(25)26-11-13-5-4-6-15(21)9-13/h4-10,12H,3,11H2,1-2H3/t12-/m1/s1. The predicted octanol–water partition coefficient (Wildman–Crippen LogP) is 4.20. The molecule has 0 saturated carbocycles. The molecule has 2 amide bonds. The summed E-state index contributed by atoms with van der Waals surface area (Å²) < 4.78 is 6.22. The molecule has 0 fully saturated rings. The molecule has 5 nitrogen and oxygen atoms in total. The van der Waals surface area contributed by atoms with Gasteiger partial charge in [-0.2, -0.15) is 0 Å². The van der Waals surface area contributed by atoms with E-state index < -0.39 is 5.97 Å². The number of ether oxygens (including phenoxy) is 1. The Kier molecular flexibility index (Phi) is 5.23. The van der Waals surface area contributed by atoms with Crippen molar-refractivity contribution < 1.29 is 19.1 Å². The van der Waals surface area contributed by atoms with E-state index in [-0.39, 0.29) is 35.6 Å². The number of carbonyl (C=O) groups excluding carboxylic acids is 3. The van der Waals surface area contributed by atoms with Crippen molar-refractivity contribution in [1.82, 2.24) is 4.90 Å². The van der Waals surface area contributed by atoms with Crippen molar-refractivity contribution in [2.75, 3.05) is 0 Å². The van der Waals surface area contributed by atoms with E-state index in [1.165, 1.54) is 23.1 Å². The first kappa shape index (κ1) is 18.3. The van der Waals surface area contributed by atoms with Gasteiger partial charge in [-0.25, -0.2) is 4.79 Å². The minimum atomic E-state index is -0.532. The topological polar surface area (TPSA) is 63.7 Å². The third kappa shape index (κ3) is 3.42. The molecule has 0 unspecified atom stereocenters. The van der Waals surface area contributed by atoms with Crippen molar-refractivity contribution >= 4 is 33.7 Å². The van der Waals surface area contributed by atoms with E-state index in [1.807, 2.05) is 38.1 Å². The lowest BCUT2D eigenvalue weighted by Crippen LogP contribution is -2.37. The molecule has 26 heavy (non-hydrogen) atoms. The third-order valence-electron chi connectivity index (χ3n) is 4.44. The summed E-state index contributed by atoms with van der Waals surface area (Å²) in [6.07, 6.45) is 0.674. The smallest absolute Gasteiger partial charge is 0.338 e. The largest absolute Gasteiger partial charge is 0.457 e. The fourth-order valence-electron chi connectivity index (χ4n) is 2.83. The van der Waals surface area contributed by atoms with Crippen molar-refractivity contribution in [1.29, 1.82) is 0 Å². The Morgan fingerprint density at radius 1 is 1.12 bits per heavy atom. The molecule has 0 bridgehead atoms. The predicted molar refractivity (Wildman–Crippen MR) is 100.0 cm³/mol. The highest BCUT2D eigenvalue weighted by Crippen LogP contribution is 2.27. The van der Waals surface area contributed by atoms with E-state index in [0.717, 1.165) is 10.0 Å². The number of esters is 1. The van der Waals surface area contributed by atoms with Crippen LogP contribution in [0.25, 0.3) is 0 Å². The summed E-state index contributed by atoms with van der Waals surface area (Å²) in [5, 5.41) is 0. The monoisotopic (exact) mass is 415 g/mol. The number of amides is 2. The van der Waals surface area contributed by atoms with Crippen LogP contribution in [0.4, 0.5) is 0 Å². The summed E-state index contributed by atoms with van der Waals surface area (Å²) in [7, 11) is 0. The van der Waals surface area contributed by atoms with Gasteiger partial charge in [0.2, 0.25) is 0 Å². The number of hydrogen-bond donors (Lipinski definition) is 0. The summed E-state index contributed by atoms with van der Waals surface area (Å²) in [5.74, 6) is -1.20. The zero-order valence-electron chi connectivity index (χ0n) is 14.5. The zero-order valence-corrected chi connectivity index (χ0v) is 16.1. The number of nitrogens with zero attached hydrogens (tertiary/aromatic N) is 1. The molecule has 6 heteroatoms. The highest BCUT2D eigenvalue weighted by Gasteiger charge is 2.38. The number of fused-ring (bicyclic) bond motifs is 1. The number of rotatable bonds is 5. The maximum atomic E-state index is 12.5. The lowest BCUT2D eigenvalue weighted by atomic mass is 10.1. The highest BCUT2D eigenvalue weighted by molar-refractivity contribution is 9.10. The Bertz CT molecular complexity index is 893. The molecule has 1 heterocycles. The van der Waals surface area contributed by atoms with Crippen LogP contribution in [-0.4, -0.2) is 28.7 Å². The number of carbonyl (C=O) groups is 3. The molecule has 1 atom stereocenters. The van der Waals surface area contributed by atoms with Gasteiger partial charge < -0.3 is 4.74 Å². The minimum Gasteiger partial charge on any atom is -0.457 e. The Balaban J connectivity index is 1.77. The van der Waals surface area contributed by atoms with Gasteiger partial charge >= 0.3 is 5.97 Å². The van der Waals surface area contributed by atoms with Crippen LogP contribution < -0.4 is 0 Å². The second-order valence-corrected chi connectivity index (χ2v) is 7.12. The van der Waals surface area contributed by atoms with Crippen LogP contribution in [0.1, 0.15) is 56.9 Å². The van der Waals surface area contributed by atoms with Crippen LogP contribution in [0.3, 0.4) is 0 Å². The molecule has 0 N–H and O–H groups in total. The molecular weight excluding hydrogens is 398 g/mol. The van der Waals surface area contributed by atoms with Crippen LogP contribution in [0.2, 0.25) is 0 Å². The molecule has 2 aromatic carbocycles. The lowest BCUT2D eigenvalue weighted by molar-refractivity contribution is 0.0472. The van der Waals surface area contributed by atoms with Crippen LogP contribution in [0.15, 0.2) is 46.9 Å². The highest BCUT2D eigenvalue weighted by atomic mass is 79.9. The Hall–Kier alpha value is -2.47. The second-order valence-electron chi connectivity index (χ2n) is 6.20. The first-order valence-corrected chi connectivity index (χ1v) is 9.15. The lowest BCUT2D eigenvalue weighted by Gasteiger charge is -2.20. The molecular formula is C20H18BrNO4. The normalized spacial score (nSPS) is 14.3. The molecule has 0 radical (unpaired) electrons. The zero-order chi connectivity index (χ0) is 18.8. The van der Waals surface area contributed by atoms with Crippen LogP contribution in [-0.2, 0) is 11.3 Å². The molecule has 0 aromatic heterocycles. The van der Waals surface area contributed by atoms with E-state index in [9.17, 15) is 14.4 Å². The summed E-state index contributed by atoms with van der Waals surface area (Å²) >= 11 is 3.37. The van der Waals surface area contributed by atoms with Gasteiger partial charge in [0.1, 0.15) is 6.61 Å². The summed E-state index contributed by atoms with van der Waals surface area (Å²) in [4.78, 5) is 38.5. The SMILES string of the molecule is CC[C@@H](C)N1C(=O)c2ccc(C(=O)OCc3cccc(Br)c3)cc2C1=O. The van der Waals surface area contributed by atoms with E-state index in [0.29, 0.717) is 12.0 Å². The van der Waals surface area contributed by atoms with Gasteiger partial charge in [-0.15, -0.1) is 0 Å². The second kappa shape index (κ2) is 7.41. The van der Waals surface area contributed by atoms with Gasteiger partial charge in [0.25, 0.3) is 11.8 Å². The Morgan fingerprint density at radius 2 is 1.85 bits per heavy atom. The summed E-state index contributed by atoms with van der Waals surface area (Å²) in [6.45, 7) is 3.87. The van der Waals surface area contributed by atoms with Gasteiger partial charge in [-0.1, -0.05) is 35.0 Å². The van der Waals surface area contributed by atoms with Gasteiger partial charge in [0, 0.05) is 10.5 Å². The van der Waals surface area contributed by atoms with E-state index in [2.05, 4.69) is 15.9 Å². The summed E-state index contributed by atoms with van der Waals surface area (Å²) in [5.41, 5.74) is 1.69. The van der Waals surface area contributed by atoms with E-state index in [1.54, 1.807) is 0 Å². The van der Waals surface area contributed by atoms with Gasteiger partial charge in [-0.05, 0) is 49.2 Å². The van der Waals surface area contributed by atoms with Gasteiger partial charge in [0.15, 0.2) is 0 Å². The molecule has 3 rings (SSSR count). The molecule has 0 saturated heterocycles. The number of imide groups is 1. The fourth-order valence-corrected chi connectivity index (χ4v) is 3.27. The van der Waals surface area contributed by atoms with Crippen molar-refractivity contribution in [3.05, 3.63) is 69.2 Å². The molecule has 134 valence electrons. The fraction of sp³-hybridized carbons (Fsp3) is 0.250. The Morgan fingerprint density at radius 3 is 2.54 bits per heavy atom. The Labute approximate surface area is 160 Å². The quantitative estimate of drug-likeness (QED) is 0.542. The number of benzene rings is 2. The van der Waals surface area contributed by atoms with Crippen LogP contribution >= 0.6 is 15.9 Å². The molecule has 0 aliphatic carbocycles. The molecule has 0 spiro atoms. The minimum absolute atomic E-state index is 0.126. The van der Waals surface area contributed by atoms with E-state index >= 15 is 0 Å². The average Bonchev–Trinajstić information content (AvgIpc) is 2.89. The van der Waals surface area contributed by atoms with Gasteiger partial charge in [-0.3, -0.25) is 14.5 Å². The maximum Gasteiger partial charge on any atom is 0.338 e. The van der Waals surface area contributed by atoms with Crippen molar-refractivity contribution in [3.63, 3.8) is 0 Å². The summed E-state index contributed by atoms with van der Waals surface area (Å²) in [6, 6.07) is 11.8.